The van der Waals surface area contributed by atoms with Crippen LogP contribution in [-0.2, 0) is 13.0 Å². The average Bonchev–Trinajstić information content (AvgIpc) is 3.13. The summed E-state index contributed by atoms with van der Waals surface area (Å²) < 4.78 is 11.5. The van der Waals surface area contributed by atoms with E-state index < -0.39 is 0 Å². The number of hydrogen-bond acceptors (Lipinski definition) is 5. The van der Waals surface area contributed by atoms with E-state index in [9.17, 15) is 4.79 Å². The molecule has 0 spiro atoms. The summed E-state index contributed by atoms with van der Waals surface area (Å²) >= 11 is 1.37. The van der Waals surface area contributed by atoms with Crippen LogP contribution in [0.3, 0.4) is 0 Å². The minimum Gasteiger partial charge on any atom is -0.494 e. The molecule has 1 aromatic heterocycles. The van der Waals surface area contributed by atoms with Crippen LogP contribution < -0.4 is 20.1 Å². The van der Waals surface area contributed by atoms with Gasteiger partial charge in [0.05, 0.1) is 6.61 Å². The molecule has 2 amide bonds. The van der Waals surface area contributed by atoms with Crippen molar-refractivity contribution in [1.29, 1.82) is 0 Å². The molecular formula is C16H19N3O3S. The van der Waals surface area contributed by atoms with Crippen LogP contribution in [0.5, 0.6) is 11.5 Å². The second-order valence-electron chi connectivity index (χ2n) is 5.28. The maximum absolute atomic E-state index is 11.9. The van der Waals surface area contributed by atoms with Crippen molar-refractivity contribution in [2.45, 2.75) is 32.9 Å². The Morgan fingerprint density at radius 2 is 2.39 bits per heavy atom. The topological polar surface area (TPSA) is 72.5 Å². The number of ether oxygens (including phenoxy) is 2. The Balaban J connectivity index is 1.69. The van der Waals surface area contributed by atoms with Crippen molar-refractivity contribution in [3.05, 3.63) is 34.8 Å². The number of benzene rings is 1. The quantitative estimate of drug-likeness (QED) is 0.881. The summed E-state index contributed by atoms with van der Waals surface area (Å²) in [5.74, 6) is 1.66. The Labute approximate surface area is 138 Å². The molecule has 1 aromatic carbocycles. The lowest BCUT2D eigenvalue weighted by molar-refractivity contribution is 0.250. The molecule has 0 bridgehead atoms. The Hall–Kier alpha value is -2.28. The highest BCUT2D eigenvalue weighted by Crippen LogP contribution is 2.35. The molecule has 0 saturated heterocycles. The number of fused-ring (bicyclic) bond motifs is 1. The third kappa shape index (κ3) is 3.73. The molecule has 6 nitrogen and oxygen atoms in total. The van der Waals surface area contributed by atoms with Gasteiger partial charge < -0.3 is 14.8 Å². The molecule has 23 heavy (non-hydrogen) atoms. The van der Waals surface area contributed by atoms with Gasteiger partial charge in [0.25, 0.3) is 0 Å². The van der Waals surface area contributed by atoms with E-state index in [0.29, 0.717) is 18.3 Å². The number of hydrogen-bond donors (Lipinski definition) is 2. The van der Waals surface area contributed by atoms with E-state index in [1.54, 1.807) is 6.20 Å². The molecule has 2 N–H and O–H groups in total. The molecule has 2 heterocycles. The molecule has 122 valence electrons. The van der Waals surface area contributed by atoms with Crippen molar-refractivity contribution in [1.82, 2.24) is 10.3 Å². The van der Waals surface area contributed by atoms with Crippen molar-refractivity contribution < 1.29 is 14.3 Å². The van der Waals surface area contributed by atoms with Gasteiger partial charge in [0.1, 0.15) is 17.6 Å². The first kappa shape index (κ1) is 15.6. The summed E-state index contributed by atoms with van der Waals surface area (Å²) in [6, 6.07) is 3.67. The van der Waals surface area contributed by atoms with E-state index in [1.807, 2.05) is 31.4 Å². The number of aromatic nitrogens is 1. The summed E-state index contributed by atoms with van der Waals surface area (Å²) in [6.45, 7) is 4.92. The summed E-state index contributed by atoms with van der Waals surface area (Å²) in [6.07, 6.45) is 2.70. The third-order valence-corrected chi connectivity index (χ3v) is 4.16. The standard InChI is InChI=1S/C16H19N3O3S/c1-3-21-13-7-11-6-10(2)22-14(11)8-12(13)9-18-15(20)19-16-17-4-5-23-16/h4-5,7-8,10H,3,6,9H2,1-2H3,(H2,17,18,19,20)/t10-/m0/s1. The Morgan fingerprint density at radius 3 is 3.13 bits per heavy atom. The van der Waals surface area contributed by atoms with Gasteiger partial charge in [-0.25, -0.2) is 9.78 Å². The molecule has 7 heteroatoms. The van der Waals surface area contributed by atoms with Gasteiger partial charge >= 0.3 is 6.03 Å². The van der Waals surface area contributed by atoms with Crippen molar-refractivity contribution >= 4 is 22.5 Å². The highest BCUT2D eigenvalue weighted by Gasteiger charge is 2.22. The number of rotatable bonds is 5. The van der Waals surface area contributed by atoms with Gasteiger partial charge in [-0.2, -0.15) is 0 Å². The predicted molar refractivity (Wildman–Crippen MR) is 89.4 cm³/mol. The SMILES string of the molecule is CCOc1cc2c(cc1CNC(=O)Nc1nccs1)O[C@@H](C)C2. The van der Waals surface area contributed by atoms with E-state index in [4.69, 9.17) is 9.47 Å². The highest BCUT2D eigenvalue weighted by atomic mass is 32.1. The van der Waals surface area contributed by atoms with Crippen molar-refractivity contribution in [2.75, 3.05) is 11.9 Å². The Morgan fingerprint density at radius 1 is 1.52 bits per heavy atom. The molecule has 0 unspecified atom stereocenters. The van der Waals surface area contributed by atoms with Gasteiger partial charge in [0.2, 0.25) is 0 Å². The molecular weight excluding hydrogens is 314 g/mol. The van der Waals surface area contributed by atoms with Crippen molar-refractivity contribution in [3.8, 4) is 11.5 Å². The monoisotopic (exact) mass is 333 g/mol. The number of nitrogens with one attached hydrogen (secondary N) is 2. The van der Waals surface area contributed by atoms with Gasteiger partial charge in [0.15, 0.2) is 5.13 Å². The predicted octanol–water partition coefficient (Wildman–Crippen LogP) is 3.19. The maximum Gasteiger partial charge on any atom is 0.321 e. The van der Waals surface area contributed by atoms with Crippen LogP contribution in [0.4, 0.5) is 9.93 Å². The molecule has 1 atom stereocenters. The fourth-order valence-electron chi connectivity index (χ4n) is 2.51. The Bertz CT molecular complexity index is 688. The van der Waals surface area contributed by atoms with Gasteiger partial charge in [0, 0.05) is 35.7 Å². The second kappa shape index (κ2) is 6.87. The van der Waals surface area contributed by atoms with Gasteiger partial charge in [-0.3, -0.25) is 5.32 Å². The Kier molecular flexibility index (Phi) is 4.66. The number of carbonyl (C=O) groups is 1. The van der Waals surface area contributed by atoms with E-state index in [1.165, 1.54) is 11.3 Å². The molecule has 2 aromatic rings. The summed E-state index contributed by atoms with van der Waals surface area (Å²) in [5, 5.41) is 7.88. The zero-order valence-electron chi connectivity index (χ0n) is 13.1. The number of carbonyl (C=O) groups excluding carboxylic acids is 1. The van der Waals surface area contributed by atoms with Crippen LogP contribution in [0.2, 0.25) is 0 Å². The van der Waals surface area contributed by atoms with E-state index in [2.05, 4.69) is 15.6 Å². The van der Waals surface area contributed by atoms with Crippen LogP contribution in [-0.4, -0.2) is 23.7 Å². The van der Waals surface area contributed by atoms with Crippen LogP contribution in [0.1, 0.15) is 25.0 Å². The molecule has 1 aliphatic rings. The zero-order valence-corrected chi connectivity index (χ0v) is 13.9. The molecule has 1 aliphatic heterocycles. The molecule has 0 radical (unpaired) electrons. The first-order valence-electron chi connectivity index (χ1n) is 7.55. The second-order valence-corrected chi connectivity index (χ2v) is 6.17. The van der Waals surface area contributed by atoms with E-state index >= 15 is 0 Å². The summed E-state index contributed by atoms with van der Waals surface area (Å²) in [7, 11) is 0. The largest absolute Gasteiger partial charge is 0.494 e. The number of urea groups is 1. The zero-order chi connectivity index (χ0) is 16.2. The first-order valence-corrected chi connectivity index (χ1v) is 8.43. The molecule has 0 saturated carbocycles. The van der Waals surface area contributed by atoms with Crippen molar-refractivity contribution in [3.63, 3.8) is 0 Å². The minimum atomic E-state index is -0.294. The minimum absolute atomic E-state index is 0.177. The van der Waals surface area contributed by atoms with Crippen LogP contribution in [0.25, 0.3) is 0 Å². The van der Waals surface area contributed by atoms with Crippen LogP contribution >= 0.6 is 11.3 Å². The summed E-state index contributed by atoms with van der Waals surface area (Å²) in [5.41, 5.74) is 2.05. The van der Waals surface area contributed by atoms with E-state index in [-0.39, 0.29) is 12.1 Å². The third-order valence-electron chi connectivity index (χ3n) is 3.47. The number of amides is 2. The number of nitrogens with zero attached hydrogens (tertiary/aromatic N) is 1. The normalized spacial score (nSPS) is 15.7. The molecule has 3 rings (SSSR count). The smallest absolute Gasteiger partial charge is 0.321 e. The van der Waals surface area contributed by atoms with Crippen molar-refractivity contribution in [2.24, 2.45) is 0 Å². The van der Waals surface area contributed by atoms with Crippen LogP contribution in [0, 0.1) is 0 Å². The van der Waals surface area contributed by atoms with Gasteiger partial charge in [-0.1, -0.05) is 0 Å². The van der Waals surface area contributed by atoms with E-state index in [0.717, 1.165) is 29.0 Å². The maximum atomic E-state index is 11.9. The van der Waals surface area contributed by atoms with Gasteiger partial charge in [-0.15, -0.1) is 11.3 Å². The first-order chi connectivity index (χ1) is 11.2. The fraction of sp³-hybridized carbons (Fsp3) is 0.375. The summed E-state index contributed by atoms with van der Waals surface area (Å²) in [4.78, 5) is 15.9. The average molecular weight is 333 g/mol. The molecule has 0 aliphatic carbocycles. The lowest BCUT2D eigenvalue weighted by atomic mass is 10.1. The lowest BCUT2D eigenvalue weighted by Gasteiger charge is -2.13. The highest BCUT2D eigenvalue weighted by molar-refractivity contribution is 7.13. The molecule has 0 fully saturated rings. The fourth-order valence-corrected chi connectivity index (χ4v) is 3.04. The number of thiazole rings is 1. The lowest BCUT2D eigenvalue weighted by Crippen LogP contribution is -2.28. The van der Waals surface area contributed by atoms with Gasteiger partial charge in [-0.05, 0) is 26.0 Å². The van der Waals surface area contributed by atoms with Crippen LogP contribution in [0.15, 0.2) is 23.7 Å². The number of anilines is 1.